The molecule has 0 atom stereocenters. The molecule has 0 saturated heterocycles. The van der Waals surface area contributed by atoms with Gasteiger partial charge in [0.1, 0.15) is 0 Å². The summed E-state index contributed by atoms with van der Waals surface area (Å²) in [5.41, 5.74) is 0.910. The van der Waals surface area contributed by atoms with Gasteiger partial charge in [0.05, 0.1) is 70.2 Å². The lowest BCUT2D eigenvalue weighted by Crippen LogP contribution is -2.23. The van der Waals surface area contributed by atoms with Crippen LogP contribution in [-0.2, 0) is 15.9 Å². The molecule has 0 bridgehead atoms. The molecule has 0 N–H and O–H groups in total. The van der Waals surface area contributed by atoms with Crippen LogP contribution in [0.4, 0.5) is 48.3 Å². The van der Waals surface area contributed by atoms with E-state index in [2.05, 4.69) is 23.3 Å². The van der Waals surface area contributed by atoms with Gasteiger partial charge in [-0.15, -0.1) is 0 Å². The SMILES string of the molecule is C/C=C/Oc1ccc2cc(OC)c(F)c(F)c2c1F.CCCOc1ccc2cc(OC)c(F)c(F)c2c1F.COCCc1ccc(C2CCC(OCC(C)C)CC2)c(F)c1F.COc1cc2ccc(OC)c(F)c2c(F)c1F. The van der Waals surface area contributed by atoms with Crippen LogP contribution >= 0.6 is 0 Å². The number of hydrogen-bond acceptors (Lipinski definition) is 8. The van der Waals surface area contributed by atoms with E-state index in [4.69, 9.17) is 28.4 Å². The lowest BCUT2D eigenvalue weighted by atomic mass is 9.82. The van der Waals surface area contributed by atoms with Crippen molar-refractivity contribution >= 4 is 32.3 Å². The fraction of sp³-hybridized carbons (Fsp3) is 0.356. The minimum atomic E-state index is -1.29. The van der Waals surface area contributed by atoms with Crippen LogP contribution in [0, 0.1) is 69.9 Å². The Kier molecular flexibility index (Phi) is 23.1. The van der Waals surface area contributed by atoms with E-state index >= 15 is 0 Å². The highest BCUT2D eigenvalue weighted by Gasteiger charge is 2.28. The number of hydrogen-bond donors (Lipinski definition) is 0. The Hall–Kier alpha value is -6.99. The molecule has 0 aromatic heterocycles. The standard InChI is InChI=1S/C19H28F2O2.C14H13F3O2.C14H11F3O2.C12H9F3O2/c1-13(2)12-23-16-7-4-14(5-8-16)17-9-6-15(10-11-22-3)18(20)19(17)21;2*1-3-6-19-9-5-4-8-7-10(18-2)13(16)14(17)11(8)12(9)15;1-16-7-4-3-6-5-8(17-2)11(14)12(15)9(6)10(7)13/h6,9,13-14,16H,4-5,7-8,10-12H2,1-3H3;4-5,7H,3,6H2,1-2H3;3-7H,1-2H3;3-5H,1-2H3/b;;6-3+;. The van der Waals surface area contributed by atoms with Crippen molar-refractivity contribution in [2.24, 2.45) is 5.92 Å². The summed E-state index contributed by atoms with van der Waals surface area (Å²) in [6.45, 7) is 9.29. The van der Waals surface area contributed by atoms with Crippen LogP contribution in [0.25, 0.3) is 32.3 Å². The molecule has 0 amide bonds. The number of ether oxygens (including phenoxy) is 8. The molecule has 0 spiro atoms. The van der Waals surface area contributed by atoms with E-state index in [9.17, 15) is 48.3 Å². The maximum atomic E-state index is 14.4. The van der Waals surface area contributed by atoms with Gasteiger partial charge in [-0.3, -0.25) is 0 Å². The Balaban J connectivity index is 0.000000193. The minimum Gasteiger partial charge on any atom is -0.494 e. The van der Waals surface area contributed by atoms with Crippen molar-refractivity contribution in [3.63, 3.8) is 0 Å². The third kappa shape index (κ3) is 14.6. The molecule has 1 aliphatic rings. The van der Waals surface area contributed by atoms with Gasteiger partial charge in [-0.2, -0.15) is 13.2 Å². The molecule has 0 radical (unpaired) electrons. The van der Waals surface area contributed by atoms with Gasteiger partial charge in [-0.1, -0.05) is 57.2 Å². The zero-order valence-electron chi connectivity index (χ0n) is 44.5. The van der Waals surface area contributed by atoms with Crippen molar-refractivity contribution in [1.82, 2.24) is 0 Å². The van der Waals surface area contributed by atoms with Crippen molar-refractivity contribution in [3.8, 4) is 34.5 Å². The normalized spacial score (nSPS) is 14.1. The Bertz CT molecular complexity index is 3180. The van der Waals surface area contributed by atoms with Crippen molar-refractivity contribution in [2.75, 3.05) is 55.4 Å². The molecule has 7 aromatic carbocycles. The van der Waals surface area contributed by atoms with E-state index in [0.717, 1.165) is 32.3 Å². The molecule has 1 fully saturated rings. The second-order valence-corrected chi connectivity index (χ2v) is 18.1. The summed E-state index contributed by atoms with van der Waals surface area (Å²) < 4.78 is 192. The average Bonchev–Trinajstić information content (AvgIpc) is 3.50. The quantitative estimate of drug-likeness (QED) is 0.0700. The van der Waals surface area contributed by atoms with Gasteiger partial charge in [-0.05, 0) is 121 Å². The highest BCUT2D eigenvalue weighted by molar-refractivity contribution is 5.88. The molecule has 19 heteroatoms. The number of allylic oxidation sites excluding steroid dienone is 1. The molecule has 1 aliphatic carbocycles. The predicted molar refractivity (Wildman–Crippen MR) is 277 cm³/mol. The smallest absolute Gasteiger partial charge is 0.201 e. The zero-order chi connectivity index (χ0) is 57.4. The highest BCUT2D eigenvalue weighted by Crippen LogP contribution is 2.39. The maximum Gasteiger partial charge on any atom is 0.201 e. The van der Waals surface area contributed by atoms with E-state index in [-0.39, 0.29) is 62.7 Å². The van der Waals surface area contributed by atoms with Crippen LogP contribution in [0.5, 0.6) is 34.5 Å². The van der Waals surface area contributed by atoms with E-state index in [1.54, 1.807) is 32.2 Å². The molecular formula is C59H61F11O8. The summed E-state index contributed by atoms with van der Waals surface area (Å²) in [6, 6.07) is 15.6. The Labute approximate surface area is 445 Å². The molecule has 422 valence electrons. The first-order valence-corrected chi connectivity index (χ1v) is 24.8. The fourth-order valence-electron chi connectivity index (χ4n) is 8.37. The van der Waals surface area contributed by atoms with Gasteiger partial charge in [0, 0.05) is 13.7 Å². The lowest BCUT2D eigenvalue weighted by Gasteiger charge is -2.29. The largest absolute Gasteiger partial charge is 0.494 e. The number of benzene rings is 7. The van der Waals surface area contributed by atoms with E-state index in [1.165, 1.54) is 89.3 Å². The van der Waals surface area contributed by atoms with Crippen molar-refractivity contribution in [3.05, 3.63) is 154 Å². The lowest BCUT2D eigenvalue weighted by molar-refractivity contribution is 0.0102. The summed E-state index contributed by atoms with van der Waals surface area (Å²) in [4.78, 5) is 0. The number of halogens is 11. The topological polar surface area (TPSA) is 73.8 Å². The van der Waals surface area contributed by atoms with E-state index in [0.29, 0.717) is 43.1 Å². The number of rotatable bonds is 16. The van der Waals surface area contributed by atoms with Crippen LogP contribution < -0.4 is 28.4 Å². The van der Waals surface area contributed by atoms with Crippen molar-refractivity contribution < 1.29 is 86.2 Å². The second kappa shape index (κ2) is 29.1. The number of fused-ring (bicyclic) bond motifs is 3. The fourth-order valence-corrected chi connectivity index (χ4v) is 8.37. The summed E-state index contributed by atoms with van der Waals surface area (Å²) >= 11 is 0. The molecule has 8 nitrogen and oxygen atoms in total. The Morgan fingerprint density at radius 2 is 0.936 bits per heavy atom. The van der Waals surface area contributed by atoms with Gasteiger partial charge in [-0.25, -0.2) is 35.1 Å². The monoisotopic (exact) mass is 1110 g/mol. The first-order chi connectivity index (χ1) is 37.3. The molecule has 0 heterocycles. The second-order valence-electron chi connectivity index (χ2n) is 18.1. The van der Waals surface area contributed by atoms with Crippen molar-refractivity contribution in [2.45, 2.75) is 78.2 Å². The predicted octanol–water partition coefficient (Wildman–Crippen LogP) is 16.4. The summed E-state index contributed by atoms with van der Waals surface area (Å²) in [5.74, 6) is -12.2. The molecular weight excluding hydrogens is 1050 g/mol. The van der Waals surface area contributed by atoms with Gasteiger partial charge in [0.15, 0.2) is 81.0 Å². The van der Waals surface area contributed by atoms with Gasteiger partial charge < -0.3 is 37.9 Å². The van der Waals surface area contributed by atoms with Crippen LogP contribution in [0.1, 0.15) is 76.8 Å². The van der Waals surface area contributed by atoms with Gasteiger partial charge in [0.2, 0.25) is 17.5 Å². The molecule has 8 rings (SSSR count). The Morgan fingerprint density at radius 1 is 0.487 bits per heavy atom. The van der Waals surface area contributed by atoms with Crippen LogP contribution in [0.15, 0.2) is 79.1 Å². The first kappa shape index (κ1) is 61.9. The van der Waals surface area contributed by atoms with Crippen LogP contribution in [0.3, 0.4) is 0 Å². The average molecular weight is 1110 g/mol. The van der Waals surface area contributed by atoms with E-state index in [1.807, 2.05) is 6.92 Å². The summed E-state index contributed by atoms with van der Waals surface area (Å²) in [7, 11) is 6.45. The van der Waals surface area contributed by atoms with E-state index < -0.39 is 80.1 Å². The molecule has 1 saturated carbocycles. The zero-order valence-corrected chi connectivity index (χ0v) is 44.5. The third-order valence-corrected chi connectivity index (χ3v) is 12.4. The molecule has 7 aromatic rings. The van der Waals surface area contributed by atoms with Crippen molar-refractivity contribution in [1.29, 1.82) is 0 Å². The summed E-state index contributed by atoms with van der Waals surface area (Å²) in [6.07, 6.45) is 7.71. The highest BCUT2D eigenvalue weighted by atomic mass is 19.2. The molecule has 78 heavy (non-hydrogen) atoms. The Morgan fingerprint density at radius 3 is 1.37 bits per heavy atom. The van der Waals surface area contributed by atoms with Gasteiger partial charge in [0.25, 0.3) is 0 Å². The molecule has 0 aliphatic heterocycles. The van der Waals surface area contributed by atoms with Crippen LogP contribution in [0.2, 0.25) is 0 Å². The minimum absolute atomic E-state index is 0.0854. The summed E-state index contributed by atoms with van der Waals surface area (Å²) in [5, 5.41) is -0.702. The first-order valence-electron chi connectivity index (χ1n) is 24.8. The third-order valence-electron chi connectivity index (χ3n) is 12.4. The molecule has 0 unspecified atom stereocenters. The van der Waals surface area contributed by atoms with Crippen LogP contribution in [-0.4, -0.2) is 61.5 Å². The van der Waals surface area contributed by atoms with Gasteiger partial charge >= 0.3 is 0 Å². The maximum absolute atomic E-state index is 14.4. The number of methoxy groups -OCH3 is 5.